The molecule has 0 bridgehead atoms. The third kappa shape index (κ3) is 5.13. The first-order valence-electron chi connectivity index (χ1n) is 10.3. The minimum absolute atomic E-state index is 0.0298. The second-order valence-corrected chi connectivity index (χ2v) is 7.74. The Labute approximate surface area is 194 Å². The summed E-state index contributed by atoms with van der Waals surface area (Å²) in [6, 6.07) is 6.08. The van der Waals surface area contributed by atoms with Gasteiger partial charge in [-0.2, -0.15) is 13.2 Å². The Morgan fingerprint density at radius 1 is 1.00 bits per heavy atom. The second kappa shape index (κ2) is 9.40. The molecule has 5 nitrogen and oxygen atoms in total. The Kier molecular flexibility index (Phi) is 6.51. The first kappa shape index (κ1) is 24.2. The lowest BCUT2D eigenvalue weighted by Crippen LogP contribution is -2.09. The number of carboxylic acid groups (broad SMARTS) is 1. The lowest BCUT2D eigenvalue weighted by atomic mass is 9.99. The maximum atomic E-state index is 14.0. The maximum absolute atomic E-state index is 14.0. The van der Waals surface area contributed by atoms with Gasteiger partial charge in [0.1, 0.15) is 18.1 Å². The molecule has 2 heterocycles. The molecule has 2 aromatic heterocycles. The standard InChI is InChI=1S/C24H16F6N2O3/c25-17-9-19(27)18(26)7-12(17)11-35-22-16(8-13(10-31-22)24(28,29)30)14-3-1-4-15(14)20-5-2-6-21(32-20)23(33)34/h2,5-10H,1,3-4,11H2,(H,33,34). The summed E-state index contributed by atoms with van der Waals surface area (Å²) in [5.74, 6) is -5.32. The van der Waals surface area contributed by atoms with Crippen LogP contribution in [0.1, 0.15) is 52.1 Å². The van der Waals surface area contributed by atoms with Crippen LogP contribution in [0.15, 0.2) is 42.6 Å². The van der Waals surface area contributed by atoms with Gasteiger partial charge in [0.05, 0.1) is 11.3 Å². The van der Waals surface area contributed by atoms with Gasteiger partial charge in [-0.25, -0.2) is 27.9 Å². The van der Waals surface area contributed by atoms with Crippen LogP contribution in [-0.2, 0) is 12.8 Å². The van der Waals surface area contributed by atoms with E-state index in [2.05, 4.69) is 9.97 Å². The molecule has 0 fully saturated rings. The van der Waals surface area contributed by atoms with E-state index in [0.717, 1.165) is 6.07 Å². The fourth-order valence-corrected chi connectivity index (χ4v) is 3.80. The predicted octanol–water partition coefficient (Wildman–Crippen LogP) is 6.28. The van der Waals surface area contributed by atoms with Crippen LogP contribution in [0.3, 0.4) is 0 Å². The van der Waals surface area contributed by atoms with E-state index in [9.17, 15) is 36.2 Å². The topological polar surface area (TPSA) is 72.3 Å². The van der Waals surface area contributed by atoms with Crippen molar-refractivity contribution in [2.75, 3.05) is 0 Å². The molecule has 0 aliphatic heterocycles. The average molecular weight is 494 g/mol. The molecule has 0 radical (unpaired) electrons. The maximum Gasteiger partial charge on any atom is 0.417 e. The van der Waals surface area contributed by atoms with Crippen LogP contribution in [0.4, 0.5) is 26.3 Å². The first-order valence-corrected chi connectivity index (χ1v) is 10.3. The zero-order chi connectivity index (χ0) is 25.3. The van der Waals surface area contributed by atoms with E-state index >= 15 is 0 Å². The highest BCUT2D eigenvalue weighted by molar-refractivity contribution is 5.94. The van der Waals surface area contributed by atoms with Crippen LogP contribution in [0, 0.1) is 17.5 Å². The molecule has 0 unspecified atom stereocenters. The highest BCUT2D eigenvalue weighted by Gasteiger charge is 2.33. The van der Waals surface area contributed by atoms with Gasteiger partial charge in [-0.1, -0.05) is 6.07 Å². The number of nitrogens with zero attached hydrogens (tertiary/aromatic N) is 2. The molecule has 0 spiro atoms. The number of allylic oxidation sites excluding steroid dienone is 2. The number of pyridine rings is 2. The molecule has 1 aromatic carbocycles. The van der Waals surface area contributed by atoms with E-state index in [1.165, 1.54) is 12.1 Å². The molecule has 3 aromatic rings. The van der Waals surface area contributed by atoms with Gasteiger partial charge in [0.25, 0.3) is 0 Å². The van der Waals surface area contributed by atoms with Gasteiger partial charge in [-0.05, 0) is 54.7 Å². The number of hydrogen-bond acceptors (Lipinski definition) is 4. The Hall–Kier alpha value is -3.89. The third-order valence-electron chi connectivity index (χ3n) is 5.45. The van der Waals surface area contributed by atoms with E-state index in [-0.39, 0.29) is 28.4 Å². The Morgan fingerprint density at radius 3 is 2.43 bits per heavy atom. The van der Waals surface area contributed by atoms with Gasteiger partial charge < -0.3 is 9.84 Å². The normalized spacial score (nSPS) is 13.9. The number of carboxylic acids is 1. The van der Waals surface area contributed by atoms with Gasteiger partial charge in [0.15, 0.2) is 11.6 Å². The van der Waals surface area contributed by atoms with Crippen molar-refractivity contribution in [3.8, 4) is 5.88 Å². The highest BCUT2D eigenvalue weighted by Crippen LogP contribution is 2.43. The van der Waals surface area contributed by atoms with Crippen LogP contribution in [0.5, 0.6) is 5.88 Å². The van der Waals surface area contributed by atoms with Crippen molar-refractivity contribution in [1.82, 2.24) is 9.97 Å². The summed E-state index contributed by atoms with van der Waals surface area (Å²) in [6.45, 7) is -0.621. The van der Waals surface area contributed by atoms with Crippen molar-refractivity contribution in [2.24, 2.45) is 0 Å². The summed E-state index contributed by atoms with van der Waals surface area (Å²) < 4.78 is 86.5. The summed E-state index contributed by atoms with van der Waals surface area (Å²) >= 11 is 0. The molecule has 4 rings (SSSR count). The number of hydrogen-bond donors (Lipinski definition) is 1. The van der Waals surface area contributed by atoms with Crippen molar-refractivity contribution in [1.29, 1.82) is 0 Å². The lowest BCUT2D eigenvalue weighted by molar-refractivity contribution is -0.137. The zero-order valence-corrected chi connectivity index (χ0v) is 17.8. The molecule has 11 heteroatoms. The van der Waals surface area contributed by atoms with Gasteiger partial charge in [-0.3, -0.25) is 0 Å². The Balaban J connectivity index is 1.79. The van der Waals surface area contributed by atoms with Crippen molar-refractivity contribution >= 4 is 17.1 Å². The minimum Gasteiger partial charge on any atom is -0.477 e. The first-order chi connectivity index (χ1) is 16.5. The third-order valence-corrected chi connectivity index (χ3v) is 5.45. The smallest absolute Gasteiger partial charge is 0.417 e. The van der Waals surface area contributed by atoms with Crippen LogP contribution < -0.4 is 4.74 Å². The van der Waals surface area contributed by atoms with Gasteiger partial charge in [-0.15, -0.1) is 0 Å². The van der Waals surface area contributed by atoms with Gasteiger partial charge in [0.2, 0.25) is 5.88 Å². The number of rotatable bonds is 6. The minimum atomic E-state index is -4.72. The van der Waals surface area contributed by atoms with E-state index in [1.54, 1.807) is 6.07 Å². The van der Waals surface area contributed by atoms with E-state index in [0.29, 0.717) is 48.7 Å². The monoisotopic (exact) mass is 494 g/mol. The van der Waals surface area contributed by atoms with Crippen LogP contribution in [-0.4, -0.2) is 21.0 Å². The van der Waals surface area contributed by atoms with E-state index in [1.807, 2.05) is 0 Å². The summed E-state index contributed by atoms with van der Waals surface area (Å²) in [5.41, 5.74) is -0.436. The fraction of sp³-hybridized carbons (Fsp3) is 0.208. The van der Waals surface area contributed by atoms with Crippen LogP contribution in [0.2, 0.25) is 0 Å². The van der Waals surface area contributed by atoms with E-state index < -0.39 is 41.8 Å². The largest absolute Gasteiger partial charge is 0.477 e. The van der Waals surface area contributed by atoms with Crippen molar-refractivity contribution in [3.05, 3.63) is 88.1 Å². The van der Waals surface area contributed by atoms with Gasteiger partial charge >= 0.3 is 12.1 Å². The number of ether oxygens (including phenoxy) is 1. The number of aromatic nitrogens is 2. The summed E-state index contributed by atoms with van der Waals surface area (Å²) in [5, 5.41) is 9.23. The molecule has 35 heavy (non-hydrogen) atoms. The molecule has 0 saturated carbocycles. The second-order valence-electron chi connectivity index (χ2n) is 7.74. The predicted molar refractivity (Wildman–Crippen MR) is 112 cm³/mol. The molecule has 182 valence electrons. The molecule has 1 N–H and O–H groups in total. The van der Waals surface area contributed by atoms with Crippen molar-refractivity contribution in [3.63, 3.8) is 0 Å². The van der Waals surface area contributed by atoms with Crippen molar-refractivity contribution in [2.45, 2.75) is 32.0 Å². The summed E-state index contributed by atoms with van der Waals surface area (Å²) in [6.07, 6.45) is -2.87. The van der Waals surface area contributed by atoms with Gasteiger partial charge in [0, 0.05) is 23.4 Å². The fourth-order valence-electron chi connectivity index (χ4n) is 3.80. The SMILES string of the molecule is O=C(O)c1cccc(C2=C(c3cc(C(F)(F)F)cnc3OCc3cc(F)c(F)cc3F)CCC2)n1. The number of benzene rings is 1. The molecule has 0 amide bonds. The molecule has 1 aliphatic rings. The molecule has 0 saturated heterocycles. The Morgan fingerprint density at radius 2 is 1.71 bits per heavy atom. The molecule has 0 atom stereocenters. The number of aromatic carboxylic acids is 1. The molecule has 1 aliphatic carbocycles. The van der Waals surface area contributed by atoms with Crippen LogP contribution >= 0.6 is 0 Å². The number of halogens is 6. The Bertz CT molecular complexity index is 1340. The quantitative estimate of drug-likeness (QED) is 0.322. The lowest BCUT2D eigenvalue weighted by Gasteiger charge is -2.16. The van der Waals surface area contributed by atoms with Crippen molar-refractivity contribution < 1.29 is 41.0 Å². The molecular formula is C24H16F6N2O3. The molecular weight excluding hydrogens is 478 g/mol. The summed E-state index contributed by atoms with van der Waals surface area (Å²) in [4.78, 5) is 19.2. The number of carbonyl (C=O) groups is 1. The van der Waals surface area contributed by atoms with E-state index in [4.69, 9.17) is 4.74 Å². The average Bonchev–Trinajstić information content (AvgIpc) is 3.30. The highest BCUT2D eigenvalue weighted by atomic mass is 19.4. The zero-order valence-electron chi connectivity index (χ0n) is 17.8. The number of alkyl halides is 3. The van der Waals surface area contributed by atoms with Crippen LogP contribution in [0.25, 0.3) is 11.1 Å². The summed E-state index contributed by atoms with van der Waals surface area (Å²) in [7, 11) is 0.